The van der Waals surface area contributed by atoms with Gasteiger partial charge in [0.2, 0.25) is 0 Å². The lowest BCUT2D eigenvalue weighted by Gasteiger charge is -2.12. The van der Waals surface area contributed by atoms with Crippen LogP contribution >= 0.6 is 24.0 Å². The van der Waals surface area contributed by atoms with E-state index in [1.807, 2.05) is 32.9 Å². The van der Waals surface area contributed by atoms with Crippen LogP contribution in [0.2, 0.25) is 0 Å². The molecule has 0 aromatic carbocycles. The number of thioether (sulfide) groups is 1. The van der Waals surface area contributed by atoms with Crippen molar-refractivity contribution in [2.24, 2.45) is 0 Å². The van der Waals surface area contributed by atoms with Crippen LogP contribution in [0.3, 0.4) is 0 Å². The normalized spacial score (nSPS) is 16.1. The molecule has 1 saturated heterocycles. The van der Waals surface area contributed by atoms with Gasteiger partial charge in [0.05, 0.1) is 10.5 Å². The van der Waals surface area contributed by atoms with Gasteiger partial charge in [-0.05, 0) is 38.0 Å². The first-order chi connectivity index (χ1) is 12.5. The topological polar surface area (TPSA) is 66.7 Å². The molecular weight excluding hydrogens is 368 g/mol. The number of nitrogens with zero attached hydrogens (tertiary/aromatic N) is 3. The monoisotopic (exact) mass is 388 g/mol. The minimum Gasteiger partial charge on any atom is -0.370 e. The molecule has 0 unspecified atom stereocenters. The van der Waals surface area contributed by atoms with Gasteiger partial charge < -0.3 is 5.32 Å². The summed E-state index contributed by atoms with van der Waals surface area (Å²) in [4.78, 5) is 32.3. The van der Waals surface area contributed by atoms with Crippen molar-refractivity contribution in [3.63, 3.8) is 0 Å². The highest BCUT2D eigenvalue weighted by molar-refractivity contribution is 8.26. The van der Waals surface area contributed by atoms with E-state index in [0.717, 1.165) is 12.0 Å². The lowest BCUT2D eigenvalue weighted by molar-refractivity contribution is -0.122. The predicted octanol–water partition coefficient (Wildman–Crippen LogP) is 3.05. The SMILES string of the molecule is CCCN1C(=O)C(=Cc2c(NCC)nc3c(C)cccn3c2=O)SC1=S. The number of hydrogen-bond acceptors (Lipinski definition) is 6. The Balaban J connectivity index is 2.17. The van der Waals surface area contributed by atoms with Gasteiger partial charge in [0.15, 0.2) is 0 Å². The number of thiocarbonyl (C=S) groups is 1. The van der Waals surface area contributed by atoms with Crippen LogP contribution in [0, 0.1) is 6.92 Å². The number of carbonyl (C=O) groups excluding carboxylic acids is 1. The van der Waals surface area contributed by atoms with Crippen LogP contribution in [0.1, 0.15) is 31.4 Å². The van der Waals surface area contributed by atoms with Crippen LogP contribution in [-0.2, 0) is 4.79 Å². The summed E-state index contributed by atoms with van der Waals surface area (Å²) in [5, 5.41) is 3.14. The quantitative estimate of drug-likeness (QED) is 0.627. The van der Waals surface area contributed by atoms with Crippen molar-refractivity contribution >= 4 is 51.7 Å². The first kappa shape index (κ1) is 18.6. The van der Waals surface area contributed by atoms with Crippen LogP contribution < -0.4 is 10.9 Å². The molecule has 0 spiro atoms. The number of nitrogens with one attached hydrogen (secondary N) is 1. The van der Waals surface area contributed by atoms with E-state index < -0.39 is 0 Å². The molecule has 0 radical (unpaired) electrons. The Labute approximate surface area is 161 Å². The number of hydrogen-bond donors (Lipinski definition) is 1. The summed E-state index contributed by atoms with van der Waals surface area (Å²) in [7, 11) is 0. The van der Waals surface area contributed by atoms with Crippen LogP contribution in [0.25, 0.3) is 11.7 Å². The Bertz CT molecular complexity index is 981. The van der Waals surface area contributed by atoms with E-state index >= 15 is 0 Å². The summed E-state index contributed by atoms with van der Waals surface area (Å²) in [5.74, 6) is 0.325. The zero-order valence-corrected chi connectivity index (χ0v) is 16.5. The number of anilines is 1. The molecule has 1 aliphatic rings. The minimum atomic E-state index is -0.213. The second kappa shape index (κ2) is 7.59. The van der Waals surface area contributed by atoms with E-state index in [9.17, 15) is 9.59 Å². The van der Waals surface area contributed by atoms with Crippen molar-refractivity contribution in [2.45, 2.75) is 27.2 Å². The number of aromatic nitrogens is 2. The molecule has 26 heavy (non-hydrogen) atoms. The third-order valence-corrected chi connectivity index (χ3v) is 5.40. The third-order valence-electron chi connectivity index (χ3n) is 4.02. The van der Waals surface area contributed by atoms with E-state index in [4.69, 9.17) is 12.2 Å². The van der Waals surface area contributed by atoms with Gasteiger partial charge in [-0.3, -0.25) is 18.9 Å². The molecule has 0 bridgehead atoms. The summed E-state index contributed by atoms with van der Waals surface area (Å²) in [6.45, 7) is 7.04. The van der Waals surface area contributed by atoms with Crippen molar-refractivity contribution in [1.29, 1.82) is 0 Å². The maximum atomic E-state index is 13.0. The average Bonchev–Trinajstić information content (AvgIpc) is 2.87. The second-order valence-corrected chi connectivity index (χ2v) is 7.60. The lowest BCUT2D eigenvalue weighted by atomic mass is 10.2. The zero-order valence-electron chi connectivity index (χ0n) is 14.9. The van der Waals surface area contributed by atoms with Gasteiger partial charge in [0.25, 0.3) is 11.5 Å². The Morgan fingerprint density at radius 2 is 2.12 bits per heavy atom. The van der Waals surface area contributed by atoms with Crippen LogP contribution in [-0.4, -0.2) is 37.6 Å². The predicted molar refractivity (Wildman–Crippen MR) is 111 cm³/mol. The minimum absolute atomic E-state index is 0.155. The summed E-state index contributed by atoms with van der Waals surface area (Å²) < 4.78 is 2.03. The first-order valence-corrected chi connectivity index (χ1v) is 9.71. The first-order valence-electron chi connectivity index (χ1n) is 8.49. The molecule has 2 aromatic heterocycles. The Hall–Kier alpha value is -2.19. The van der Waals surface area contributed by atoms with Gasteiger partial charge >= 0.3 is 0 Å². The van der Waals surface area contributed by atoms with Gasteiger partial charge in [-0.1, -0.05) is 37.0 Å². The van der Waals surface area contributed by atoms with E-state index in [1.165, 1.54) is 16.2 Å². The molecule has 1 aliphatic heterocycles. The highest BCUT2D eigenvalue weighted by Gasteiger charge is 2.31. The summed E-state index contributed by atoms with van der Waals surface area (Å²) >= 11 is 6.53. The maximum absolute atomic E-state index is 13.0. The van der Waals surface area contributed by atoms with Crippen LogP contribution in [0.4, 0.5) is 5.82 Å². The van der Waals surface area contributed by atoms with E-state index in [1.54, 1.807) is 17.2 Å². The van der Waals surface area contributed by atoms with Crippen molar-refractivity contribution < 1.29 is 4.79 Å². The number of aryl methyl sites for hydroxylation is 1. The van der Waals surface area contributed by atoms with E-state index in [2.05, 4.69) is 10.3 Å². The second-order valence-electron chi connectivity index (χ2n) is 5.93. The fourth-order valence-corrected chi connectivity index (χ4v) is 4.08. The molecule has 8 heteroatoms. The maximum Gasteiger partial charge on any atom is 0.267 e. The Morgan fingerprint density at radius 3 is 2.81 bits per heavy atom. The smallest absolute Gasteiger partial charge is 0.267 e. The molecule has 1 fully saturated rings. The highest BCUT2D eigenvalue weighted by atomic mass is 32.2. The molecule has 0 atom stereocenters. The number of amides is 1. The summed E-state index contributed by atoms with van der Waals surface area (Å²) in [6, 6.07) is 3.72. The number of rotatable bonds is 5. The van der Waals surface area contributed by atoms with E-state index in [0.29, 0.717) is 39.3 Å². The van der Waals surface area contributed by atoms with Gasteiger partial charge in [-0.2, -0.15) is 0 Å². The molecule has 0 saturated carbocycles. The number of carbonyl (C=O) groups is 1. The largest absolute Gasteiger partial charge is 0.370 e. The number of fused-ring (bicyclic) bond motifs is 1. The third kappa shape index (κ3) is 3.26. The molecule has 3 heterocycles. The molecular formula is C18H20N4O2S2. The molecule has 1 N–H and O–H groups in total. The van der Waals surface area contributed by atoms with Crippen molar-refractivity contribution in [3.8, 4) is 0 Å². The van der Waals surface area contributed by atoms with E-state index in [-0.39, 0.29) is 11.5 Å². The molecule has 0 aliphatic carbocycles. The molecule has 3 rings (SSSR count). The molecule has 6 nitrogen and oxygen atoms in total. The van der Waals surface area contributed by atoms with Gasteiger partial charge in [0.1, 0.15) is 15.8 Å². The lowest BCUT2D eigenvalue weighted by Crippen LogP contribution is -2.28. The van der Waals surface area contributed by atoms with Crippen molar-refractivity contribution in [1.82, 2.24) is 14.3 Å². The van der Waals surface area contributed by atoms with Gasteiger partial charge in [-0.25, -0.2) is 4.98 Å². The standard InChI is InChI=1S/C18H20N4O2S2/c1-4-8-22-17(24)13(26-18(22)25)10-12-14(19-5-2)20-15-11(3)7-6-9-21(15)16(12)23/h6-7,9-10,19H,4-5,8H2,1-3H3. The van der Waals surface area contributed by atoms with Gasteiger partial charge in [0, 0.05) is 19.3 Å². The fraction of sp³-hybridized carbons (Fsp3) is 0.333. The van der Waals surface area contributed by atoms with Crippen molar-refractivity contribution in [3.05, 3.63) is 44.7 Å². The number of pyridine rings is 1. The molecule has 1 amide bonds. The summed E-state index contributed by atoms with van der Waals surface area (Å²) in [6.07, 6.45) is 4.12. The molecule has 136 valence electrons. The van der Waals surface area contributed by atoms with Gasteiger partial charge in [-0.15, -0.1) is 0 Å². The molecule has 2 aromatic rings. The zero-order chi connectivity index (χ0) is 18.8. The summed E-state index contributed by atoms with van der Waals surface area (Å²) in [5.41, 5.74) is 1.66. The Morgan fingerprint density at radius 1 is 1.35 bits per heavy atom. The highest BCUT2D eigenvalue weighted by Crippen LogP contribution is 2.33. The fourth-order valence-electron chi connectivity index (χ4n) is 2.79. The average molecular weight is 389 g/mol. The van der Waals surface area contributed by atoms with Crippen LogP contribution in [0.5, 0.6) is 0 Å². The van der Waals surface area contributed by atoms with Crippen LogP contribution in [0.15, 0.2) is 28.0 Å². The Kier molecular flexibility index (Phi) is 5.43. The van der Waals surface area contributed by atoms with Crippen molar-refractivity contribution in [2.75, 3.05) is 18.4 Å².